The maximum absolute atomic E-state index is 12.3. The third kappa shape index (κ3) is 9.45. The van der Waals surface area contributed by atoms with Gasteiger partial charge in [-0.2, -0.15) is 18.4 Å². The van der Waals surface area contributed by atoms with Crippen molar-refractivity contribution in [2.24, 2.45) is 11.8 Å². The normalized spacial score (nSPS) is 15.1. The predicted molar refractivity (Wildman–Crippen MR) is 76.0 cm³/mol. The van der Waals surface area contributed by atoms with Crippen LogP contribution in [0.25, 0.3) is 0 Å². The maximum Gasteiger partial charge on any atom is 0.407 e. The molecule has 2 unspecified atom stereocenters. The number of ether oxygens (including phenoxy) is 1. The van der Waals surface area contributed by atoms with E-state index in [4.69, 9.17) is 10.00 Å². The van der Waals surface area contributed by atoms with Crippen LogP contribution in [0.1, 0.15) is 34.6 Å². The summed E-state index contributed by atoms with van der Waals surface area (Å²) >= 11 is 0. The van der Waals surface area contributed by atoms with E-state index in [1.807, 2.05) is 6.07 Å². The van der Waals surface area contributed by atoms with E-state index >= 15 is 0 Å². The number of carbonyl (C=O) groups is 1. The van der Waals surface area contributed by atoms with Crippen molar-refractivity contribution in [1.29, 1.82) is 5.26 Å². The molecular weight excluding hydrogens is 299 g/mol. The molecule has 0 radical (unpaired) electrons. The van der Waals surface area contributed by atoms with Crippen LogP contribution in [-0.4, -0.2) is 37.0 Å². The number of nitrogens with one attached hydrogen (secondary N) is 2. The van der Waals surface area contributed by atoms with Crippen LogP contribution in [0.15, 0.2) is 0 Å². The maximum atomic E-state index is 12.3. The highest BCUT2D eigenvalue weighted by molar-refractivity contribution is 5.67. The van der Waals surface area contributed by atoms with Crippen molar-refractivity contribution in [1.82, 2.24) is 10.6 Å². The van der Waals surface area contributed by atoms with Crippen LogP contribution in [0.5, 0.6) is 0 Å². The first kappa shape index (κ1) is 20.5. The number of hydrogen-bond acceptors (Lipinski definition) is 4. The molecule has 0 rings (SSSR count). The molecule has 0 heterocycles. The van der Waals surface area contributed by atoms with Gasteiger partial charge >= 0.3 is 12.3 Å². The van der Waals surface area contributed by atoms with Gasteiger partial charge < -0.3 is 10.1 Å². The van der Waals surface area contributed by atoms with Crippen molar-refractivity contribution in [3.8, 4) is 6.07 Å². The largest absolute Gasteiger partial charge is 0.444 e. The zero-order valence-electron chi connectivity index (χ0n) is 13.5. The van der Waals surface area contributed by atoms with E-state index in [0.717, 1.165) is 0 Å². The molecule has 128 valence electrons. The zero-order valence-corrected chi connectivity index (χ0v) is 13.5. The Balaban J connectivity index is 4.64. The van der Waals surface area contributed by atoms with Gasteiger partial charge in [0.05, 0.1) is 12.6 Å². The van der Waals surface area contributed by atoms with Crippen LogP contribution in [0.3, 0.4) is 0 Å². The lowest BCUT2D eigenvalue weighted by Gasteiger charge is -2.27. The minimum atomic E-state index is -4.39. The topological polar surface area (TPSA) is 74.1 Å². The number of halogens is 3. The van der Waals surface area contributed by atoms with Gasteiger partial charge in [0.2, 0.25) is 0 Å². The summed E-state index contributed by atoms with van der Waals surface area (Å²) in [7, 11) is 0. The summed E-state index contributed by atoms with van der Waals surface area (Å²) in [5.41, 5.74) is -0.666. The number of hydrogen-bond donors (Lipinski definition) is 2. The summed E-state index contributed by atoms with van der Waals surface area (Å²) in [5.74, 6) is -0.569. The van der Waals surface area contributed by atoms with E-state index in [9.17, 15) is 18.0 Å². The van der Waals surface area contributed by atoms with Gasteiger partial charge in [-0.25, -0.2) is 4.79 Å². The van der Waals surface area contributed by atoms with Crippen LogP contribution in [-0.2, 0) is 4.74 Å². The number of rotatable bonds is 6. The SMILES string of the molecule is CC(C)C(CNC(=O)OC(C)(C)C)C(C#N)NCC(F)(F)F. The third-order valence-electron chi connectivity index (χ3n) is 2.83. The number of alkyl halides is 3. The first-order chi connectivity index (χ1) is 9.85. The standard InChI is InChI=1S/C14H24F3N3O2/c1-9(2)10(7-19-12(21)22-13(3,4)5)11(6-18)20-8-14(15,16)17/h9-11,20H,7-8H2,1-5H3,(H,19,21). The van der Waals surface area contributed by atoms with Gasteiger partial charge in [-0.1, -0.05) is 13.8 Å². The molecule has 0 aromatic carbocycles. The van der Waals surface area contributed by atoms with Crippen molar-refractivity contribution in [3.63, 3.8) is 0 Å². The molecule has 0 saturated heterocycles. The number of nitrogens with zero attached hydrogens (tertiary/aromatic N) is 1. The molecule has 0 bridgehead atoms. The highest BCUT2D eigenvalue weighted by Gasteiger charge is 2.32. The van der Waals surface area contributed by atoms with E-state index < -0.39 is 36.4 Å². The Morgan fingerprint density at radius 3 is 2.18 bits per heavy atom. The van der Waals surface area contributed by atoms with Crippen LogP contribution < -0.4 is 10.6 Å². The molecule has 8 heteroatoms. The summed E-state index contributed by atoms with van der Waals surface area (Å²) < 4.78 is 41.8. The molecule has 0 aliphatic heterocycles. The number of alkyl carbamates (subject to hydrolysis) is 1. The van der Waals surface area contributed by atoms with Gasteiger partial charge in [-0.05, 0) is 26.7 Å². The Labute approximate surface area is 129 Å². The predicted octanol–water partition coefficient (Wildman–Crippen LogP) is 2.83. The fourth-order valence-corrected chi connectivity index (χ4v) is 1.77. The highest BCUT2D eigenvalue weighted by atomic mass is 19.4. The molecule has 0 fully saturated rings. The summed E-state index contributed by atoms with van der Waals surface area (Å²) in [5, 5.41) is 13.8. The Morgan fingerprint density at radius 1 is 1.27 bits per heavy atom. The summed E-state index contributed by atoms with van der Waals surface area (Å²) in [4.78, 5) is 11.6. The monoisotopic (exact) mass is 323 g/mol. The average molecular weight is 323 g/mol. The van der Waals surface area contributed by atoms with Gasteiger partial charge in [0.15, 0.2) is 0 Å². The second-order valence-corrected chi connectivity index (χ2v) is 6.39. The second-order valence-electron chi connectivity index (χ2n) is 6.39. The fraction of sp³-hybridized carbons (Fsp3) is 0.857. The Kier molecular flexibility index (Phi) is 7.67. The summed E-state index contributed by atoms with van der Waals surface area (Å²) in [6, 6.07) is 0.808. The lowest BCUT2D eigenvalue weighted by Crippen LogP contribution is -2.47. The van der Waals surface area contributed by atoms with E-state index in [0.29, 0.717) is 0 Å². The number of amides is 1. The van der Waals surface area contributed by atoms with Crippen molar-refractivity contribution in [2.45, 2.75) is 52.4 Å². The zero-order chi connectivity index (χ0) is 17.6. The van der Waals surface area contributed by atoms with Gasteiger partial charge in [0, 0.05) is 12.5 Å². The second kappa shape index (κ2) is 8.22. The van der Waals surface area contributed by atoms with Crippen LogP contribution >= 0.6 is 0 Å². The van der Waals surface area contributed by atoms with Crippen molar-refractivity contribution in [3.05, 3.63) is 0 Å². The molecule has 2 N–H and O–H groups in total. The Bertz CT molecular complexity index is 398. The molecule has 0 aliphatic carbocycles. The van der Waals surface area contributed by atoms with Gasteiger partial charge in [-0.3, -0.25) is 5.32 Å². The quantitative estimate of drug-likeness (QED) is 0.788. The van der Waals surface area contributed by atoms with E-state index in [2.05, 4.69) is 10.6 Å². The third-order valence-corrected chi connectivity index (χ3v) is 2.83. The van der Waals surface area contributed by atoms with Gasteiger partial charge in [-0.15, -0.1) is 0 Å². The Morgan fingerprint density at radius 2 is 1.82 bits per heavy atom. The van der Waals surface area contributed by atoms with Crippen molar-refractivity contribution >= 4 is 6.09 Å². The lowest BCUT2D eigenvalue weighted by atomic mass is 9.89. The van der Waals surface area contributed by atoms with Crippen LogP contribution in [0, 0.1) is 23.2 Å². The first-order valence-corrected chi connectivity index (χ1v) is 7.02. The van der Waals surface area contributed by atoms with E-state index in [1.54, 1.807) is 34.6 Å². The molecule has 0 aromatic rings. The summed E-state index contributed by atoms with van der Waals surface area (Å²) in [6.07, 6.45) is -5.06. The molecule has 22 heavy (non-hydrogen) atoms. The van der Waals surface area contributed by atoms with Crippen LogP contribution in [0.4, 0.5) is 18.0 Å². The van der Waals surface area contributed by atoms with Crippen LogP contribution in [0.2, 0.25) is 0 Å². The van der Waals surface area contributed by atoms with E-state index in [1.165, 1.54) is 0 Å². The minimum Gasteiger partial charge on any atom is -0.444 e. The van der Waals surface area contributed by atoms with Gasteiger partial charge in [0.25, 0.3) is 0 Å². The molecule has 0 saturated carbocycles. The average Bonchev–Trinajstić information content (AvgIpc) is 2.29. The van der Waals surface area contributed by atoms with Crippen molar-refractivity contribution in [2.75, 3.05) is 13.1 Å². The molecule has 1 amide bonds. The first-order valence-electron chi connectivity index (χ1n) is 7.02. The highest BCUT2D eigenvalue weighted by Crippen LogP contribution is 2.18. The number of nitriles is 1. The molecule has 2 atom stereocenters. The van der Waals surface area contributed by atoms with Crippen molar-refractivity contribution < 1.29 is 22.7 Å². The summed E-state index contributed by atoms with van der Waals surface area (Å²) in [6.45, 7) is 7.47. The molecule has 0 aromatic heterocycles. The smallest absolute Gasteiger partial charge is 0.407 e. The molecule has 0 aliphatic rings. The van der Waals surface area contributed by atoms with Gasteiger partial charge in [0.1, 0.15) is 11.6 Å². The fourth-order valence-electron chi connectivity index (χ4n) is 1.77. The molecule has 5 nitrogen and oxygen atoms in total. The minimum absolute atomic E-state index is 0.0513. The molecular formula is C14H24F3N3O2. The van der Waals surface area contributed by atoms with E-state index in [-0.39, 0.29) is 12.5 Å². The lowest BCUT2D eigenvalue weighted by molar-refractivity contribution is -0.126. The Hall–Kier alpha value is -1.49. The molecule has 0 spiro atoms. The number of carbonyl (C=O) groups excluding carboxylic acids is 1.